The van der Waals surface area contributed by atoms with E-state index in [4.69, 9.17) is 14.9 Å². The zero-order valence-electron chi connectivity index (χ0n) is 21.0. The number of hydrogen-bond acceptors (Lipinski definition) is 13. The summed E-state index contributed by atoms with van der Waals surface area (Å²) in [5, 5.41) is 22.3. The lowest BCUT2D eigenvalue weighted by Crippen LogP contribution is -2.38. The highest BCUT2D eigenvalue weighted by atomic mass is 32.2. The summed E-state index contributed by atoms with van der Waals surface area (Å²) in [5.41, 5.74) is 8.73. The molecule has 6 rings (SSSR count). The number of anilines is 2. The molecule has 40 heavy (non-hydrogen) atoms. The molecule has 0 saturated heterocycles. The zero-order valence-corrected chi connectivity index (χ0v) is 23.5. The first-order chi connectivity index (χ1) is 19.5. The Morgan fingerprint density at radius 3 is 2.98 bits per heavy atom. The number of ether oxygens (including phenoxy) is 1. The highest BCUT2D eigenvalue weighted by Crippen LogP contribution is 2.47. The number of carbonyl (C=O) groups is 2. The van der Waals surface area contributed by atoms with Gasteiger partial charge in [0.1, 0.15) is 17.3 Å². The average Bonchev–Trinajstić information content (AvgIpc) is 3.72. The maximum absolute atomic E-state index is 13.1. The molecule has 4 aromatic rings. The second-order valence-corrected chi connectivity index (χ2v) is 12.1. The Kier molecular flexibility index (Phi) is 7.01. The molecule has 0 fully saturated rings. The summed E-state index contributed by atoms with van der Waals surface area (Å²) in [4.78, 5) is 31.9. The standard InChI is InChI=1S/C26H21N7O4S3/c1-36-13-7-8-15-19(10-13)39-24(29-15)30-20(35)12-38-26-32-31-25(40-26)33-16-4-2-5-17(34)22(16)21(14(11-27)23(33)28)18-6-3-9-37-18/h3,6-10,21H,2,4-5,12,28H2,1H3,(H,29,30,35). The number of allylic oxidation sites excluding steroid dienone is 3. The molecular formula is C26H21N7O4S3. The van der Waals surface area contributed by atoms with Crippen molar-refractivity contribution in [3.05, 3.63) is 65.0 Å². The number of nitrogens with zero attached hydrogens (tertiary/aromatic N) is 5. The largest absolute Gasteiger partial charge is 0.497 e. The molecule has 0 saturated carbocycles. The maximum Gasteiger partial charge on any atom is 0.236 e. The van der Waals surface area contributed by atoms with Gasteiger partial charge in [0.05, 0.1) is 46.9 Å². The zero-order chi connectivity index (χ0) is 27.8. The Morgan fingerprint density at radius 1 is 1.32 bits per heavy atom. The van der Waals surface area contributed by atoms with Crippen molar-refractivity contribution in [1.29, 1.82) is 5.26 Å². The van der Waals surface area contributed by atoms with Gasteiger partial charge in [-0.2, -0.15) is 5.26 Å². The number of thioether (sulfide) groups is 1. The maximum atomic E-state index is 13.1. The van der Waals surface area contributed by atoms with E-state index in [1.54, 1.807) is 24.1 Å². The summed E-state index contributed by atoms with van der Waals surface area (Å²) in [5.74, 6) is 0.560. The Labute approximate surface area is 240 Å². The number of nitriles is 1. The summed E-state index contributed by atoms with van der Waals surface area (Å²) < 4.78 is 12.3. The minimum atomic E-state index is -0.659. The van der Waals surface area contributed by atoms with E-state index in [1.165, 1.54) is 40.7 Å². The highest BCUT2D eigenvalue weighted by Gasteiger charge is 2.42. The third-order valence-electron chi connectivity index (χ3n) is 6.50. The van der Waals surface area contributed by atoms with Crippen LogP contribution in [0.25, 0.3) is 10.2 Å². The van der Waals surface area contributed by atoms with Crippen LogP contribution in [0.15, 0.2) is 68.0 Å². The number of amides is 1. The Bertz CT molecular complexity index is 1730. The number of hydrogen-bond donors (Lipinski definition) is 2. The van der Waals surface area contributed by atoms with Crippen LogP contribution >= 0.6 is 34.4 Å². The van der Waals surface area contributed by atoms with Crippen molar-refractivity contribution in [3.8, 4) is 11.8 Å². The molecule has 202 valence electrons. The quantitative estimate of drug-likeness (QED) is 0.285. The van der Waals surface area contributed by atoms with Crippen LogP contribution < -0.4 is 20.7 Å². The van der Waals surface area contributed by atoms with Crippen LogP contribution in [0.2, 0.25) is 0 Å². The fraction of sp³-hybridized carbons (Fsp3) is 0.231. The van der Waals surface area contributed by atoms with Gasteiger partial charge < -0.3 is 20.2 Å². The molecular weight excluding hydrogens is 571 g/mol. The monoisotopic (exact) mass is 591 g/mol. The molecule has 1 aliphatic heterocycles. The molecule has 11 nitrogen and oxygen atoms in total. The molecule has 3 N–H and O–H groups in total. The van der Waals surface area contributed by atoms with Gasteiger partial charge >= 0.3 is 0 Å². The van der Waals surface area contributed by atoms with Crippen molar-refractivity contribution >= 4 is 66.6 Å². The number of Topliss-reactive ketones (excluding diaryl/α,β-unsaturated/α-hetero) is 1. The van der Waals surface area contributed by atoms with E-state index in [9.17, 15) is 14.9 Å². The smallest absolute Gasteiger partial charge is 0.236 e. The number of thiazole rings is 1. The number of benzene rings is 1. The number of nitrogens with two attached hydrogens (primary N) is 1. The van der Waals surface area contributed by atoms with Gasteiger partial charge in [-0.05, 0) is 43.2 Å². The van der Waals surface area contributed by atoms with Crippen LogP contribution in [0.3, 0.4) is 0 Å². The molecule has 0 spiro atoms. The Morgan fingerprint density at radius 2 is 2.20 bits per heavy atom. The van der Waals surface area contributed by atoms with E-state index in [0.717, 1.165) is 16.0 Å². The molecule has 14 heteroatoms. The summed E-state index contributed by atoms with van der Waals surface area (Å²) >= 11 is 3.82. The molecule has 0 bridgehead atoms. The molecule has 4 heterocycles. The number of nitrogens with one attached hydrogen (secondary N) is 1. The molecule has 0 radical (unpaired) electrons. The molecule has 3 aromatic heterocycles. The van der Waals surface area contributed by atoms with Gasteiger partial charge in [0.15, 0.2) is 15.3 Å². The van der Waals surface area contributed by atoms with Crippen LogP contribution in [0, 0.1) is 11.3 Å². The number of fused-ring (bicyclic) bond motifs is 1. The van der Waals surface area contributed by atoms with E-state index >= 15 is 0 Å². The fourth-order valence-corrected chi connectivity index (χ4v) is 7.36. The summed E-state index contributed by atoms with van der Waals surface area (Å²) in [6.07, 6.45) is 3.15. The lowest BCUT2D eigenvalue weighted by molar-refractivity contribution is -0.116. The summed E-state index contributed by atoms with van der Waals surface area (Å²) in [7, 11) is 1.60. The third kappa shape index (κ3) is 4.72. The summed E-state index contributed by atoms with van der Waals surface area (Å²) in [6, 6.07) is 11.2. The van der Waals surface area contributed by atoms with E-state index in [2.05, 4.69) is 26.6 Å². The number of rotatable bonds is 7. The second-order valence-electron chi connectivity index (χ2n) is 8.87. The molecule has 1 aliphatic carbocycles. The lowest BCUT2D eigenvalue weighted by Gasteiger charge is -2.37. The fourth-order valence-electron chi connectivity index (χ4n) is 4.76. The van der Waals surface area contributed by atoms with E-state index in [-0.39, 0.29) is 28.8 Å². The van der Waals surface area contributed by atoms with E-state index in [0.29, 0.717) is 50.9 Å². The first-order valence-corrected chi connectivity index (χ1v) is 14.8. The van der Waals surface area contributed by atoms with Gasteiger partial charge in [-0.1, -0.05) is 34.4 Å². The van der Waals surface area contributed by atoms with Crippen molar-refractivity contribution in [3.63, 3.8) is 0 Å². The van der Waals surface area contributed by atoms with Gasteiger partial charge in [0.2, 0.25) is 11.0 Å². The molecule has 2 aliphatic rings. The predicted molar refractivity (Wildman–Crippen MR) is 152 cm³/mol. The van der Waals surface area contributed by atoms with Gasteiger partial charge in [0, 0.05) is 17.7 Å². The number of aromatic nitrogens is 3. The van der Waals surface area contributed by atoms with E-state index < -0.39 is 5.92 Å². The van der Waals surface area contributed by atoms with E-state index in [1.807, 2.05) is 18.2 Å². The molecule has 1 amide bonds. The summed E-state index contributed by atoms with van der Waals surface area (Å²) in [6.45, 7) is 0. The van der Waals surface area contributed by atoms with Crippen LogP contribution in [0.1, 0.15) is 30.9 Å². The second kappa shape index (κ2) is 10.8. The first kappa shape index (κ1) is 26.1. The molecule has 1 aromatic carbocycles. The van der Waals surface area contributed by atoms with Gasteiger partial charge in [-0.3, -0.25) is 14.5 Å². The minimum Gasteiger partial charge on any atom is -0.497 e. The number of carbonyl (C=O) groups excluding carboxylic acids is 2. The van der Waals surface area contributed by atoms with Crippen LogP contribution in [-0.2, 0) is 9.59 Å². The van der Waals surface area contributed by atoms with Crippen molar-refractivity contribution in [2.24, 2.45) is 5.73 Å². The van der Waals surface area contributed by atoms with Crippen molar-refractivity contribution in [2.75, 3.05) is 23.1 Å². The highest BCUT2D eigenvalue weighted by molar-refractivity contribution is 8.01. The first-order valence-electron chi connectivity index (χ1n) is 12.2. The van der Waals surface area contributed by atoms with Gasteiger partial charge in [-0.15, -0.1) is 10.2 Å². The number of methoxy groups -OCH3 is 1. The van der Waals surface area contributed by atoms with Crippen molar-refractivity contribution in [2.45, 2.75) is 29.5 Å². The Balaban J connectivity index is 1.21. The predicted octanol–water partition coefficient (Wildman–Crippen LogP) is 4.78. The lowest BCUT2D eigenvalue weighted by atomic mass is 9.78. The molecule has 1 atom stereocenters. The van der Waals surface area contributed by atoms with Crippen molar-refractivity contribution in [1.82, 2.24) is 15.2 Å². The topological polar surface area (TPSA) is 160 Å². The van der Waals surface area contributed by atoms with Gasteiger partial charge in [-0.25, -0.2) is 4.98 Å². The SMILES string of the molecule is COc1ccc2nc(NC(=O)CSc3nnc(N4C(N)=C(C#N)C(c5ccco5)C5=C4CCCC5=O)s3)sc2c1. The van der Waals surface area contributed by atoms with Crippen molar-refractivity contribution < 1.29 is 18.7 Å². The van der Waals surface area contributed by atoms with Crippen LogP contribution in [0.4, 0.5) is 10.3 Å². The van der Waals surface area contributed by atoms with Gasteiger partial charge in [0.25, 0.3) is 0 Å². The average molecular weight is 592 g/mol. The minimum absolute atomic E-state index is 0.0445. The Hall–Kier alpha value is -4.19. The van der Waals surface area contributed by atoms with Crippen LogP contribution in [-0.4, -0.2) is 39.7 Å². The normalized spacial score (nSPS) is 17.2. The third-order valence-corrected chi connectivity index (χ3v) is 9.47. The molecule has 1 unspecified atom stereocenters. The number of ketones is 1. The van der Waals surface area contributed by atoms with Crippen LogP contribution in [0.5, 0.6) is 5.75 Å². The number of furan rings is 1.